The highest BCUT2D eigenvalue weighted by Gasteiger charge is 2.32. The molecule has 2 rings (SSSR count). The lowest BCUT2D eigenvalue weighted by Crippen LogP contribution is -2.41. The molecule has 4 nitrogen and oxygen atoms in total. The molecule has 0 bridgehead atoms. The summed E-state index contributed by atoms with van der Waals surface area (Å²) in [5.74, 6) is -0.234. The Morgan fingerprint density at radius 2 is 1.72 bits per heavy atom. The minimum absolute atomic E-state index is 0. The fourth-order valence-corrected chi connectivity index (χ4v) is 2.72. The second-order valence-corrected chi connectivity index (χ2v) is 5.96. The van der Waals surface area contributed by atoms with Crippen molar-refractivity contribution in [2.24, 2.45) is 5.73 Å². The minimum Gasteiger partial charge on any atom is -0.340 e. The lowest BCUT2D eigenvalue weighted by atomic mass is 10.0. The molecule has 1 aromatic carbocycles. The molecule has 0 saturated carbocycles. The fourth-order valence-electron chi connectivity index (χ4n) is 2.72. The molecular weight excluding hydrogens is 378 g/mol. The van der Waals surface area contributed by atoms with Crippen LogP contribution in [-0.4, -0.2) is 54.6 Å². The molecule has 1 aromatic rings. The second kappa shape index (κ2) is 10.2. The van der Waals surface area contributed by atoms with Crippen molar-refractivity contribution in [3.8, 4) is 0 Å². The molecule has 1 saturated heterocycles. The molecule has 1 amide bonds. The van der Waals surface area contributed by atoms with Crippen LogP contribution in [0.4, 0.5) is 13.2 Å². The van der Waals surface area contributed by atoms with E-state index in [1.54, 1.807) is 4.90 Å². The van der Waals surface area contributed by atoms with Crippen molar-refractivity contribution in [1.29, 1.82) is 0 Å². The van der Waals surface area contributed by atoms with Gasteiger partial charge in [-0.15, -0.1) is 24.8 Å². The number of alkyl halides is 3. The van der Waals surface area contributed by atoms with E-state index >= 15 is 0 Å². The van der Waals surface area contributed by atoms with Gasteiger partial charge < -0.3 is 10.6 Å². The van der Waals surface area contributed by atoms with Gasteiger partial charge in [0.25, 0.3) is 0 Å². The van der Waals surface area contributed by atoms with Crippen molar-refractivity contribution >= 4 is 30.7 Å². The molecule has 0 aliphatic carbocycles. The molecule has 25 heavy (non-hydrogen) atoms. The molecule has 0 spiro atoms. The molecular formula is C16H24Cl2F3N3O. The van der Waals surface area contributed by atoms with Crippen LogP contribution in [0, 0.1) is 6.92 Å². The third kappa shape index (κ3) is 7.40. The smallest absolute Gasteiger partial charge is 0.340 e. The highest BCUT2D eigenvalue weighted by molar-refractivity contribution is 5.85. The average molecular weight is 402 g/mol. The molecule has 9 heteroatoms. The van der Waals surface area contributed by atoms with Gasteiger partial charge in [0.1, 0.15) is 6.04 Å². The highest BCUT2D eigenvalue weighted by atomic mass is 35.5. The lowest BCUT2D eigenvalue weighted by Gasteiger charge is -2.25. The second-order valence-electron chi connectivity index (χ2n) is 5.96. The van der Waals surface area contributed by atoms with Gasteiger partial charge in [-0.05, 0) is 18.9 Å². The van der Waals surface area contributed by atoms with E-state index in [-0.39, 0.29) is 43.8 Å². The summed E-state index contributed by atoms with van der Waals surface area (Å²) >= 11 is 0. The zero-order valence-corrected chi connectivity index (χ0v) is 15.6. The van der Waals surface area contributed by atoms with E-state index in [9.17, 15) is 18.0 Å². The first-order chi connectivity index (χ1) is 10.8. The van der Waals surface area contributed by atoms with E-state index in [0.29, 0.717) is 19.5 Å². The number of nitrogens with two attached hydrogens (primary N) is 1. The summed E-state index contributed by atoms with van der Waals surface area (Å²) in [5, 5.41) is 0. The maximum absolute atomic E-state index is 12.5. The van der Waals surface area contributed by atoms with Crippen molar-refractivity contribution in [1.82, 2.24) is 9.80 Å². The van der Waals surface area contributed by atoms with Gasteiger partial charge in [0.15, 0.2) is 0 Å². The van der Waals surface area contributed by atoms with Crippen LogP contribution in [0.25, 0.3) is 0 Å². The Kier molecular flexibility index (Phi) is 9.79. The van der Waals surface area contributed by atoms with Gasteiger partial charge in [0.05, 0.1) is 6.54 Å². The summed E-state index contributed by atoms with van der Waals surface area (Å²) in [5.41, 5.74) is 7.82. The van der Waals surface area contributed by atoms with Crippen molar-refractivity contribution < 1.29 is 18.0 Å². The van der Waals surface area contributed by atoms with Crippen LogP contribution in [0.1, 0.15) is 23.6 Å². The van der Waals surface area contributed by atoms with Crippen LogP contribution in [0.3, 0.4) is 0 Å². The Bertz CT molecular complexity index is 540. The largest absolute Gasteiger partial charge is 0.401 e. The molecule has 0 aromatic heterocycles. The first-order valence-corrected chi connectivity index (χ1v) is 7.66. The molecule has 1 aliphatic rings. The molecule has 0 radical (unpaired) electrons. The van der Waals surface area contributed by atoms with Crippen LogP contribution >= 0.6 is 24.8 Å². The standard InChI is InChI=1S/C16H22F3N3O.2ClH/c1-12-3-5-13(6-4-12)14(20)15(23)22-8-2-7-21(9-10-22)11-16(17,18)19;;/h3-6,14H,2,7-11,20H2,1H3;2*1H. The number of carbonyl (C=O) groups is 1. The number of amides is 1. The van der Waals surface area contributed by atoms with Gasteiger partial charge in [-0.1, -0.05) is 29.8 Å². The number of rotatable bonds is 3. The molecule has 144 valence electrons. The number of aryl methyl sites for hydroxylation is 1. The lowest BCUT2D eigenvalue weighted by molar-refractivity contribution is -0.145. The Morgan fingerprint density at radius 1 is 1.12 bits per heavy atom. The highest BCUT2D eigenvalue weighted by Crippen LogP contribution is 2.19. The van der Waals surface area contributed by atoms with Crippen LogP contribution in [-0.2, 0) is 4.79 Å². The fraction of sp³-hybridized carbons (Fsp3) is 0.562. The summed E-state index contributed by atoms with van der Waals surface area (Å²) < 4.78 is 37.4. The maximum Gasteiger partial charge on any atom is 0.401 e. The molecule has 1 aliphatic heterocycles. The molecule has 1 heterocycles. The topological polar surface area (TPSA) is 49.6 Å². The van der Waals surface area contributed by atoms with Gasteiger partial charge >= 0.3 is 6.18 Å². The monoisotopic (exact) mass is 401 g/mol. The van der Waals surface area contributed by atoms with Gasteiger partial charge in [-0.3, -0.25) is 9.69 Å². The Hall–Kier alpha value is -1.02. The average Bonchev–Trinajstić information content (AvgIpc) is 2.70. The normalized spacial score (nSPS) is 17.1. The van der Waals surface area contributed by atoms with E-state index in [1.165, 1.54) is 4.90 Å². The molecule has 1 fully saturated rings. The van der Waals surface area contributed by atoms with Gasteiger partial charge in [0, 0.05) is 26.2 Å². The quantitative estimate of drug-likeness (QED) is 0.846. The number of nitrogens with zero attached hydrogens (tertiary/aromatic N) is 2. The van der Waals surface area contributed by atoms with Gasteiger partial charge in [-0.25, -0.2) is 0 Å². The molecule has 1 atom stereocenters. The van der Waals surface area contributed by atoms with E-state index in [1.807, 2.05) is 31.2 Å². The SMILES string of the molecule is Cc1ccc(C(N)C(=O)N2CCCN(CC(F)(F)F)CC2)cc1.Cl.Cl. The van der Waals surface area contributed by atoms with Crippen molar-refractivity contribution in [3.63, 3.8) is 0 Å². The van der Waals surface area contributed by atoms with Gasteiger partial charge in [-0.2, -0.15) is 13.2 Å². The first-order valence-electron chi connectivity index (χ1n) is 7.66. The van der Waals surface area contributed by atoms with E-state index in [2.05, 4.69) is 0 Å². The number of benzene rings is 1. The Labute approximate surface area is 158 Å². The summed E-state index contributed by atoms with van der Waals surface area (Å²) in [6.07, 6.45) is -3.69. The van der Waals surface area contributed by atoms with Crippen LogP contribution in [0.5, 0.6) is 0 Å². The molecule has 2 N–H and O–H groups in total. The number of halogens is 5. The van der Waals surface area contributed by atoms with Crippen LogP contribution in [0.15, 0.2) is 24.3 Å². The van der Waals surface area contributed by atoms with Crippen LogP contribution in [0.2, 0.25) is 0 Å². The Balaban J connectivity index is 0.00000288. The summed E-state index contributed by atoms with van der Waals surface area (Å²) in [6.45, 7) is 2.27. The zero-order valence-electron chi connectivity index (χ0n) is 14.0. The third-order valence-electron chi connectivity index (χ3n) is 4.01. The first kappa shape index (κ1) is 24.0. The van der Waals surface area contributed by atoms with Crippen molar-refractivity contribution in [3.05, 3.63) is 35.4 Å². The Morgan fingerprint density at radius 3 is 2.28 bits per heavy atom. The summed E-state index contributed by atoms with van der Waals surface area (Å²) in [4.78, 5) is 15.4. The van der Waals surface area contributed by atoms with E-state index < -0.39 is 18.8 Å². The number of carbonyl (C=O) groups excluding carboxylic acids is 1. The number of hydrogen-bond acceptors (Lipinski definition) is 3. The minimum atomic E-state index is -4.21. The maximum atomic E-state index is 12.5. The summed E-state index contributed by atoms with van der Waals surface area (Å²) in [7, 11) is 0. The number of hydrogen-bond donors (Lipinski definition) is 1. The van der Waals surface area contributed by atoms with Crippen molar-refractivity contribution in [2.45, 2.75) is 25.6 Å². The predicted octanol–water partition coefficient (Wildman–Crippen LogP) is 2.94. The van der Waals surface area contributed by atoms with Gasteiger partial charge in [0.2, 0.25) is 5.91 Å². The van der Waals surface area contributed by atoms with E-state index in [4.69, 9.17) is 5.73 Å². The zero-order chi connectivity index (χ0) is 17.0. The van der Waals surface area contributed by atoms with E-state index in [0.717, 1.165) is 11.1 Å². The van der Waals surface area contributed by atoms with Crippen LogP contribution < -0.4 is 5.73 Å². The summed E-state index contributed by atoms with van der Waals surface area (Å²) in [6, 6.07) is 6.62. The third-order valence-corrected chi connectivity index (χ3v) is 4.01. The molecule has 1 unspecified atom stereocenters. The van der Waals surface area contributed by atoms with Crippen molar-refractivity contribution in [2.75, 3.05) is 32.7 Å². The predicted molar refractivity (Wildman–Crippen MR) is 96.3 cm³/mol.